The maximum atomic E-state index is 12.1. The van der Waals surface area contributed by atoms with E-state index in [9.17, 15) is 9.59 Å². The Morgan fingerprint density at radius 3 is 2.71 bits per heavy atom. The topological polar surface area (TPSA) is 101 Å². The predicted octanol–water partition coefficient (Wildman–Crippen LogP) is 0.341. The Hall–Kier alpha value is -1.70. The highest BCUT2D eigenvalue weighted by molar-refractivity contribution is 7.09. The van der Waals surface area contributed by atoms with Gasteiger partial charge >= 0.3 is 6.03 Å². The fraction of sp³-hybridized carbons (Fsp3) is 0.556. The number of hydrogen-bond donors (Lipinski definition) is 2. The third kappa shape index (κ3) is 1.84. The maximum Gasteiger partial charge on any atom is 0.325 e. The standard InChI is InChI=1S/C9H13N5O2S/c1-3-9(2)7(15)14(8(16)11-9)4-5-6(10)17-13-12-5/h3-4,10H2,1-2H3,(H,11,16). The van der Waals surface area contributed by atoms with Gasteiger partial charge in [0.1, 0.15) is 16.2 Å². The molecule has 7 nitrogen and oxygen atoms in total. The Balaban J connectivity index is 2.21. The molecule has 0 aromatic carbocycles. The molecule has 17 heavy (non-hydrogen) atoms. The van der Waals surface area contributed by atoms with E-state index in [2.05, 4.69) is 14.9 Å². The number of nitrogen functional groups attached to an aromatic ring is 1. The van der Waals surface area contributed by atoms with Crippen LogP contribution in [0.25, 0.3) is 0 Å². The highest BCUT2D eigenvalue weighted by Gasteiger charge is 2.46. The minimum Gasteiger partial charge on any atom is -0.388 e. The van der Waals surface area contributed by atoms with E-state index in [1.807, 2.05) is 6.92 Å². The lowest BCUT2D eigenvalue weighted by Crippen LogP contribution is -2.43. The molecule has 1 aromatic rings. The second-order valence-electron chi connectivity index (χ2n) is 4.09. The molecule has 1 atom stereocenters. The Bertz CT molecular complexity index is 474. The summed E-state index contributed by atoms with van der Waals surface area (Å²) < 4.78 is 3.67. The van der Waals surface area contributed by atoms with E-state index in [0.717, 1.165) is 16.4 Å². The Morgan fingerprint density at radius 1 is 1.53 bits per heavy atom. The lowest BCUT2D eigenvalue weighted by Gasteiger charge is -2.18. The number of carbonyl (C=O) groups excluding carboxylic acids is 2. The molecule has 0 bridgehead atoms. The molecule has 1 unspecified atom stereocenters. The fourth-order valence-corrected chi connectivity index (χ4v) is 2.04. The molecule has 1 aliphatic heterocycles. The zero-order valence-corrected chi connectivity index (χ0v) is 10.4. The molecule has 0 spiro atoms. The van der Waals surface area contributed by atoms with Crippen LogP contribution in [0.2, 0.25) is 0 Å². The average Bonchev–Trinajstić information content (AvgIpc) is 2.78. The predicted molar refractivity (Wildman–Crippen MR) is 62.1 cm³/mol. The molecule has 2 rings (SSSR count). The first-order valence-electron chi connectivity index (χ1n) is 5.18. The van der Waals surface area contributed by atoms with E-state index < -0.39 is 11.6 Å². The van der Waals surface area contributed by atoms with Crippen molar-refractivity contribution in [3.05, 3.63) is 5.69 Å². The van der Waals surface area contributed by atoms with Gasteiger partial charge in [-0.3, -0.25) is 9.69 Å². The third-order valence-corrected chi connectivity index (χ3v) is 3.54. The van der Waals surface area contributed by atoms with Crippen molar-refractivity contribution in [2.75, 3.05) is 5.73 Å². The summed E-state index contributed by atoms with van der Waals surface area (Å²) >= 11 is 1.04. The number of nitrogens with one attached hydrogen (secondary N) is 1. The average molecular weight is 255 g/mol. The molecular weight excluding hydrogens is 242 g/mol. The van der Waals surface area contributed by atoms with Crippen LogP contribution in [-0.2, 0) is 11.3 Å². The second-order valence-corrected chi connectivity index (χ2v) is 4.88. The van der Waals surface area contributed by atoms with Gasteiger partial charge in [-0.1, -0.05) is 11.4 Å². The smallest absolute Gasteiger partial charge is 0.325 e. The highest BCUT2D eigenvalue weighted by atomic mass is 32.1. The van der Waals surface area contributed by atoms with E-state index in [0.29, 0.717) is 17.1 Å². The molecule has 0 aliphatic carbocycles. The number of imide groups is 1. The van der Waals surface area contributed by atoms with Crippen LogP contribution in [0.5, 0.6) is 0 Å². The van der Waals surface area contributed by atoms with Gasteiger partial charge in [-0.05, 0) is 13.3 Å². The van der Waals surface area contributed by atoms with Crippen molar-refractivity contribution < 1.29 is 9.59 Å². The Kier molecular flexibility index (Phi) is 2.74. The second kappa shape index (κ2) is 3.95. The molecule has 3 amide bonds. The van der Waals surface area contributed by atoms with Crippen LogP contribution in [0.3, 0.4) is 0 Å². The summed E-state index contributed by atoms with van der Waals surface area (Å²) in [6.07, 6.45) is 0.541. The molecule has 3 N–H and O–H groups in total. The number of amides is 3. The van der Waals surface area contributed by atoms with Crippen LogP contribution in [0, 0.1) is 0 Å². The molecule has 1 aliphatic rings. The summed E-state index contributed by atoms with van der Waals surface area (Å²) in [5.41, 5.74) is 5.27. The van der Waals surface area contributed by atoms with Gasteiger partial charge in [0.05, 0.1) is 6.54 Å². The van der Waals surface area contributed by atoms with Crippen LogP contribution in [0.1, 0.15) is 26.0 Å². The van der Waals surface area contributed by atoms with Crippen LogP contribution in [-0.4, -0.2) is 32.0 Å². The van der Waals surface area contributed by atoms with Gasteiger partial charge in [-0.25, -0.2) is 4.79 Å². The van der Waals surface area contributed by atoms with Gasteiger partial charge in [0.15, 0.2) is 0 Å². The molecule has 1 fully saturated rings. The summed E-state index contributed by atoms with van der Waals surface area (Å²) in [6, 6.07) is -0.410. The molecule has 0 saturated carbocycles. The van der Waals surface area contributed by atoms with Crippen LogP contribution in [0.15, 0.2) is 0 Å². The number of anilines is 1. The molecule has 1 saturated heterocycles. The number of nitrogens with two attached hydrogens (primary N) is 1. The SMILES string of the molecule is CCC1(C)NC(=O)N(Cc2nnsc2N)C1=O. The summed E-state index contributed by atoms with van der Waals surface area (Å²) in [5, 5.41) is 6.88. The van der Waals surface area contributed by atoms with Crippen molar-refractivity contribution in [2.45, 2.75) is 32.4 Å². The molecule has 2 heterocycles. The van der Waals surface area contributed by atoms with Gasteiger partial charge in [0, 0.05) is 11.5 Å². The van der Waals surface area contributed by atoms with Gasteiger partial charge < -0.3 is 11.1 Å². The molecule has 8 heteroatoms. The Morgan fingerprint density at radius 2 is 2.24 bits per heavy atom. The van der Waals surface area contributed by atoms with E-state index >= 15 is 0 Å². The maximum absolute atomic E-state index is 12.1. The zero-order chi connectivity index (χ0) is 12.6. The largest absolute Gasteiger partial charge is 0.388 e. The molecule has 0 radical (unpaired) electrons. The van der Waals surface area contributed by atoms with Crippen molar-refractivity contribution in [2.24, 2.45) is 0 Å². The van der Waals surface area contributed by atoms with Gasteiger partial charge in [-0.2, -0.15) is 0 Å². The van der Waals surface area contributed by atoms with Crippen LogP contribution >= 0.6 is 11.5 Å². The highest BCUT2D eigenvalue weighted by Crippen LogP contribution is 2.24. The number of rotatable bonds is 3. The third-order valence-electron chi connectivity index (χ3n) is 2.95. The van der Waals surface area contributed by atoms with Gasteiger partial charge in [0.2, 0.25) is 0 Å². The minimum absolute atomic E-state index is 0.0720. The van der Waals surface area contributed by atoms with Crippen molar-refractivity contribution in [1.29, 1.82) is 0 Å². The molecule has 1 aromatic heterocycles. The normalized spacial score (nSPS) is 24.2. The van der Waals surface area contributed by atoms with Crippen molar-refractivity contribution in [1.82, 2.24) is 19.8 Å². The minimum atomic E-state index is -0.824. The summed E-state index contributed by atoms with van der Waals surface area (Å²) in [7, 11) is 0. The van der Waals surface area contributed by atoms with Crippen LogP contribution in [0.4, 0.5) is 9.80 Å². The number of nitrogens with zero attached hydrogens (tertiary/aromatic N) is 3. The van der Waals surface area contributed by atoms with E-state index in [-0.39, 0.29) is 12.5 Å². The Labute approximate surface area is 102 Å². The quantitative estimate of drug-likeness (QED) is 0.758. The summed E-state index contributed by atoms with van der Waals surface area (Å²) in [4.78, 5) is 24.9. The van der Waals surface area contributed by atoms with Gasteiger partial charge in [0.25, 0.3) is 5.91 Å². The monoisotopic (exact) mass is 255 g/mol. The molecule has 92 valence electrons. The number of urea groups is 1. The lowest BCUT2D eigenvalue weighted by atomic mass is 9.99. The van der Waals surface area contributed by atoms with E-state index in [1.165, 1.54) is 0 Å². The lowest BCUT2D eigenvalue weighted by molar-refractivity contribution is -0.131. The van der Waals surface area contributed by atoms with E-state index in [4.69, 9.17) is 5.73 Å². The van der Waals surface area contributed by atoms with Crippen molar-refractivity contribution >= 4 is 28.5 Å². The first-order valence-corrected chi connectivity index (χ1v) is 5.96. The van der Waals surface area contributed by atoms with Crippen molar-refractivity contribution in [3.8, 4) is 0 Å². The number of carbonyl (C=O) groups is 2. The van der Waals surface area contributed by atoms with Gasteiger partial charge in [-0.15, -0.1) is 5.10 Å². The fourth-order valence-electron chi connectivity index (χ4n) is 1.61. The molecular formula is C9H13N5O2S. The first kappa shape index (κ1) is 11.8. The van der Waals surface area contributed by atoms with Crippen molar-refractivity contribution in [3.63, 3.8) is 0 Å². The van der Waals surface area contributed by atoms with Crippen LogP contribution < -0.4 is 11.1 Å². The first-order chi connectivity index (χ1) is 7.98. The number of aromatic nitrogens is 2. The summed E-state index contributed by atoms with van der Waals surface area (Å²) in [6.45, 7) is 3.62. The summed E-state index contributed by atoms with van der Waals surface area (Å²) in [5.74, 6) is -0.252. The number of hydrogen-bond acceptors (Lipinski definition) is 6. The zero-order valence-electron chi connectivity index (χ0n) is 9.56. The van der Waals surface area contributed by atoms with E-state index in [1.54, 1.807) is 6.92 Å².